The van der Waals surface area contributed by atoms with E-state index in [1.165, 1.54) is 34.6 Å². The van der Waals surface area contributed by atoms with Gasteiger partial charge in [-0.05, 0) is 70.3 Å². The van der Waals surface area contributed by atoms with Gasteiger partial charge < -0.3 is 20.7 Å². The van der Waals surface area contributed by atoms with Crippen molar-refractivity contribution >= 4 is 23.7 Å². The first-order valence-electron chi connectivity index (χ1n) is 16.8. The molecule has 5 heterocycles. The van der Waals surface area contributed by atoms with Crippen LogP contribution in [0.3, 0.4) is 0 Å². The molecule has 0 aromatic rings. The Bertz CT molecular complexity index is 1230. The highest BCUT2D eigenvalue weighted by molar-refractivity contribution is 7.95. The fourth-order valence-corrected chi connectivity index (χ4v) is 11.4. The van der Waals surface area contributed by atoms with Crippen LogP contribution in [0, 0.1) is 28.6 Å². The van der Waals surface area contributed by atoms with Crippen molar-refractivity contribution in [3.05, 3.63) is 22.9 Å². The van der Waals surface area contributed by atoms with Crippen LogP contribution in [0.5, 0.6) is 0 Å². The van der Waals surface area contributed by atoms with Gasteiger partial charge in [0, 0.05) is 90.4 Å². The molecule has 8 atom stereocenters. The molecule has 7 aliphatic rings. The quantitative estimate of drug-likeness (QED) is 0.167. The SMILES string of the molecule is CC1(C)C2=C3C=C4C5=[N+](CCC4OC3CCN2C2CCC(CC(=O)NCCN)CC21)C1CCC(SOOO)CC1C5(C)C. The van der Waals surface area contributed by atoms with E-state index in [-0.39, 0.29) is 28.9 Å². The van der Waals surface area contributed by atoms with Gasteiger partial charge in [0.25, 0.3) is 0 Å². The molecule has 2 aliphatic carbocycles. The zero-order valence-corrected chi connectivity index (χ0v) is 27.2. The zero-order valence-electron chi connectivity index (χ0n) is 26.3. The normalized spacial score (nSPS) is 38.8. The monoisotopic (exact) mass is 615 g/mol. The summed E-state index contributed by atoms with van der Waals surface area (Å²) in [5.41, 5.74) is 11.5. The fourth-order valence-electron chi connectivity index (χ4n) is 10.7. The van der Waals surface area contributed by atoms with E-state index < -0.39 is 0 Å². The number of carbonyl (C=O) groups is 1. The van der Waals surface area contributed by atoms with Crippen LogP contribution in [0.4, 0.5) is 0 Å². The van der Waals surface area contributed by atoms with E-state index in [0.29, 0.717) is 54.6 Å². The molecule has 0 bridgehead atoms. The van der Waals surface area contributed by atoms with Gasteiger partial charge in [0.2, 0.25) is 5.91 Å². The van der Waals surface area contributed by atoms with Crippen molar-refractivity contribution in [1.29, 1.82) is 0 Å². The predicted octanol–water partition coefficient (Wildman–Crippen LogP) is 4.43. The number of nitrogens with two attached hydrogens (primary N) is 1. The van der Waals surface area contributed by atoms with E-state index in [1.54, 1.807) is 0 Å². The molecule has 8 unspecified atom stereocenters. The lowest BCUT2D eigenvalue weighted by Gasteiger charge is -2.43. The van der Waals surface area contributed by atoms with E-state index in [1.807, 2.05) is 0 Å². The largest absolute Gasteiger partial charge is 0.371 e. The van der Waals surface area contributed by atoms with Crippen molar-refractivity contribution in [2.75, 3.05) is 26.2 Å². The standard InChI is InChI=1S/C33H50N4O5S/c1-32(2)23-15-19(16-29(38)35-12-11-34)5-7-25(23)36-13-9-27-21(30(32)36)18-22-28(40-27)10-14-37-26-8-6-20(43-42-41-39)17-24(26)33(3,4)31(22)37/h18-20,23-28H,5-17,34H2,1-4H3,(H-,35,38,39)/p+1. The lowest BCUT2D eigenvalue weighted by Crippen LogP contribution is -2.47. The highest BCUT2D eigenvalue weighted by Crippen LogP contribution is 2.59. The highest BCUT2D eigenvalue weighted by Gasteiger charge is 2.61. The van der Waals surface area contributed by atoms with E-state index in [2.05, 4.69) is 53.6 Å². The Morgan fingerprint density at radius 1 is 1.12 bits per heavy atom. The van der Waals surface area contributed by atoms with Crippen molar-refractivity contribution in [3.63, 3.8) is 0 Å². The first kappa shape index (κ1) is 30.2. The molecule has 238 valence electrons. The zero-order chi connectivity index (χ0) is 30.1. The van der Waals surface area contributed by atoms with Gasteiger partial charge in [0.1, 0.15) is 6.54 Å². The molecule has 0 radical (unpaired) electrons. The number of hydrogen-bond donors (Lipinski definition) is 3. The number of nitrogens with one attached hydrogen (secondary N) is 1. The van der Waals surface area contributed by atoms with Crippen LogP contribution in [0.15, 0.2) is 22.9 Å². The Morgan fingerprint density at radius 3 is 2.74 bits per heavy atom. The number of carbonyl (C=O) groups excluding carboxylic acids is 1. The number of allylic oxidation sites excluding steroid dienone is 1. The van der Waals surface area contributed by atoms with Crippen molar-refractivity contribution in [2.24, 2.45) is 34.3 Å². The van der Waals surface area contributed by atoms with Gasteiger partial charge >= 0.3 is 0 Å². The minimum atomic E-state index is 0.0289. The fraction of sp³-hybridized carbons (Fsp3) is 0.818. The van der Waals surface area contributed by atoms with E-state index in [4.69, 9.17) is 20.1 Å². The maximum atomic E-state index is 12.6. The minimum Gasteiger partial charge on any atom is -0.371 e. The predicted molar refractivity (Wildman–Crippen MR) is 166 cm³/mol. The Morgan fingerprint density at radius 2 is 1.95 bits per heavy atom. The molecule has 2 saturated carbocycles. The number of fused-ring (bicyclic) bond motifs is 8. The number of rotatable bonds is 7. The number of hydrogen-bond acceptors (Lipinski definition) is 8. The molecule has 5 aliphatic heterocycles. The van der Waals surface area contributed by atoms with Crippen LogP contribution < -0.4 is 11.1 Å². The summed E-state index contributed by atoms with van der Waals surface area (Å²) in [4.78, 5) is 15.3. The molecule has 7 rings (SSSR count). The van der Waals surface area contributed by atoms with Crippen molar-refractivity contribution in [2.45, 2.75) is 115 Å². The number of nitrogens with zero attached hydrogens (tertiary/aromatic N) is 2. The molecule has 0 aromatic heterocycles. The van der Waals surface area contributed by atoms with Crippen molar-refractivity contribution < 1.29 is 28.7 Å². The molecule has 0 aromatic carbocycles. The molecule has 3 fully saturated rings. The van der Waals surface area contributed by atoms with Gasteiger partial charge in [-0.2, -0.15) is 0 Å². The average Bonchev–Trinajstić information content (AvgIpc) is 3.37. The minimum absolute atomic E-state index is 0.0289. The Labute approximate surface area is 260 Å². The third-order valence-corrected chi connectivity index (χ3v) is 13.3. The maximum absolute atomic E-state index is 12.6. The summed E-state index contributed by atoms with van der Waals surface area (Å²) < 4.78 is 14.7. The van der Waals surface area contributed by atoms with Gasteiger partial charge in [-0.3, -0.25) is 4.79 Å². The summed E-state index contributed by atoms with van der Waals surface area (Å²) >= 11 is 1.26. The second kappa shape index (κ2) is 11.4. The van der Waals surface area contributed by atoms with Crippen molar-refractivity contribution in [1.82, 2.24) is 10.2 Å². The highest BCUT2D eigenvalue weighted by atomic mass is 32.2. The summed E-state index contributed by atoms with van der Waals surface area (Å²) in [6, 6.07) is 1.10. The summed E-state index contributed by atoms with van der Waals surface area (Å²) in [7, 11) is 0. The van der Waals surface area contributed by atoms with Crippen LogP contribution in [-0.2, 0) is 18.9 Å². The van der Waals surface area contributed by atoms with Crippen LogP contribution in [0.1, 0.15) is 85.5 Å². The topological polar surface area (TPSA) is 109 Å². The van der Waals surface area contributed by atoms with Crippen LogP contribution in [0.25, 0.3) is 0 Å². The third kappa shape index (κ3) is 4.94. The van der Waals surface area contributed by atoms with Crippen LogP contribution in [0.2, 0.25) is 0 Å². The van der Waals surface area contributed by atoms with Crippen LogP contribution >= 0.6 is 12.0 Å². The Kier molecular flexibility index (Phi) is 8.03. The second-order valence-corrected chi connectivity index (χ2v) is 16.3. The summed E-state index contributed by atoms with van der Waals surface area (Å²) in [6.45, 7) is 13.0. The van der Waals surface area contributed by atoms with Gasteiger partial charge in [0.15, 0.2) is 11.8 Å². The van der Waals surface area contributed by atoms with Crippen molar-refractivity contribution in [3.8, 4) is 0 Å². The summed E-state index contributed by atoms with van der Waals surface area (Å²) in [5, 5.41) is 16.0. The van der Waals surface area contributed by atoms with Gasteiger partial charge in [-0.25, -0.2) is 9.83 Å². The lowest BCUT2D eigenvalue weighted by atomic mass is 9.66. The molecule has 4 N–H and O–H groups in total. The Balaban J connectivity index is 1.20. The van der Waals surface area contributed by atoms with E-state index in [0.717, 1.165) is 64.5 Å². The molecular weight excluding hydrogens is 564 g/mol. The first-order valence-corrected chi connectivity index (χ1v) is 17.6. The van der Waals surface area contributed by atoms with Gasteiger partial charge in [-0.15, -0.1) is 4.33 Å². The second-order valence-electron chi connectivity index (χ2n) is 15.3. The molecule has 43 heavy (non-hydrogen) atoms. The molecule has 0 spiro atoms. The maximum Gasteiger partial charge on any atom is 0.220 e. The third-order valence-electron chi connectivity index (χ3n) is 12.4. The van der Waals surface area contributed by atoms with Crippen LogP contribution in [-0.4, -0.2) is 82.1 Å². The molecule has 1 amide bonds. The molecule has 9 nitrogen and oxygen atoms in total. The smallest absolute Gasteiger partial charge is 0.220 e. The average molecular weight is 616 g/mol. The van der Waals surface area contributed by atoms with Gasteiger partial charge in [0.05, 0.1) is 17.6 Å². The van der Waals surface area contributed by atoms with Gasteiger partial charge in [-0.1, -0.05) is 18.9 Å². The number of ether oxygens (including phenoxy) is 1. The van der Waals surface area contributed by atoms with E-state index >= 15 is 0 Å². The Hall–Kier alpha value is -1.43. The number of amides is 1. The molecule has 10 heteroatoms. The molecule has 1 saturated heterocycles. The summed E-state index contributed by atoms with van der Waals surface area (Å²) in [5.74, 6) is 1.66. The lowest BCUT2D eigenvalue weighted by molar-refractivity contribution is -0.571. The summed E-state index contributed by atoms with van der Waals surface area (Å²) in [6.07, 6.45) is 12.3. The molecular formula is C33H51N4O5S+. The first-order chi connectivity index (χ1) is 20.6. The van der Waals surface area contributed by atoms with E-state index in [9.17, 15) is 4.79 Å².